The van der Waals surface area contributed by atoms with Gasteiger partial charge in [0, 0.05) is 25.7 Å². The van der Waals surface area contributed by atoms with Gasteiger partial charge in [-0.15, -0.1) is 0 Å². The number of piperidine rings is 1. The Morgan fingerprint density at radius 1 is 1.42 bits per heavy atom. The summed E-state index contributed by atoms with van der Waals surface area (Å²) < 4.78 is 5.43. The number of carbonyl (C=O) groups is 1. The molecule has 1 aliphatic heterocycles. The van der Waals surface area contributed by atoms with E-state index in [-0.39, 0.29) is 18.7 Å². The summed E-state index contributed by atoms with van der Waals surface area (Å²) in [7, 11) is 0. The molecule has 0 aromatic heterocycles. The SMILES string of the molecule is CCC1CC(NCCO)CN(C(=O)OC(C)(C)C)C1. The molecule has 0 spiro atoms. The Kier molecular flexibility index (Phi) is 6.07. The molecule has 1 fully saturated rings. The van der Waals surface area contributed by atoms with Crippen LogP contribution in [0.4, 0.5) is 4.79 Å². The minimum absolute atomic E-state index is 0.125. The molecule has 19 heavy (non-hydrogen) atoms. The molecule has 1 rings (SSSR count). The zero-order chi connectivity index (χ0) is 14.5. The van der Waals surface area contributed by atoms with E-state index in [1.807, 2.05) is 20.8 Å². The number of nitrogens with one attached hydrogen (secondary N) is 1. The third kappa shape index (κ3) is 5.78. The van der Waals surface area contributed by atoms with Crippen LogP contribution in [-0.2, 0) is 4.74 Å². The fraction of sp³-hybridized carbons (Fsp3) is 0.929. The van der Waals surface area contributed by atoms with Gasteiger partial charge in [-0.3, -0.25) is 0 Å². The Labute approximate surface area is 116 Å². The van der Waals surface area contributed by atoms with E-state index in [4.69, 9.17) is 9.84 Å². The van der Waals surface area contributed by atoms with Gasteiger partial charge in [0.1, 0.15) is 5.60 Å². The first-order valence-electron chi connectivity index (χ1n) is 7.18. The Morgan fingerprint density at radius 3 is 2.63 bits per heavy atom. The number of carbonyl (C=O) groups excluding carboxylic acids is 1. The lowest BCUT2D eigenvalue weighted by molar-refractivity contribution is 0.0123. The van der Waals surface area contributed by atoms with Crippen molar-refractivity contribution in [3.63, 3.8) is 0 Å². The second-order valence-electron chi connectivity index (χ2n) is 6.27. The molecule has 1 heterocycles. The highest BCUT2D eigenvalue weighted by Crippen LogP contribution is 2.21. The van der Waals surface area contributed by atoms with Crippen LogP contribution in [-0.4, -0.2) is 54.0 Å². The summed E-state index contributed by atoms with van der Waals surface area (Å²) in [4.78, 5) is 13.9. The van der Waals surface area contributed by atoms with Crippen LogP contribution in [0.3, 0.4) is 0 Å². The molecule has 2 unspecified atom stereocenters. The first kappa shape index (κ1) is 16.2. The molecule has 1 aliphatic rings. The molecule has 5 nitrogen and oxygen atoms in total. The van der Waals surface area contributed by atoms with Gasteiger partial charge >= 0.3 is 6.09 Å². The van der Waals surface area contributed by atoms with E-state index in [1.54, 1.807) is 4.90 Å². The van der Waals surface area contributed by atoms with Crippen molar-refractivity contribution in [2.45, 2.75) is 52.2 Å². The molecule has 0 radical (unpaired) electrons. The van der Waals surface area contributed by atoms with Crippen LogP contribution in [0.2, 0.25) is 0 Å². The van der Waals surface area contributed by atoms with E-state index in [0.29, 0.717) is 19.0 Å². The van der Waals surface area contributed by atoms with Gasteiger partial charge in [0.25, 0.3) is 0 Å². The van der Waals surface area contributed by atoms with Crippen molar-refractivity contribution < 1.29 is 14.6 Å². The highest BCUT2D eigenvalue weighted by Gasteiger charge is 2.31. The summed E-state index contributed by atoms with van der Waals surface area (Å²) in [5.41, 5.74) is -0.454. The molecule has 2 N–H and O–H groups in total. The predicted octanol–water partition coefficient (Wildman–Crippen LogP) is 1.60. The number of likely N-dealkylation sites (tertiary alicyclic amines) is 1. The fourth-order valence-electron chi connectivity index (χ4n) is 2.39. The van der Waals surface area contributed by atoms with Crippen molar-refractivity contribution in [3.05, 3.63) is 0 Å². The standard InChI is InChI=1S/C14H28N2O3/c1-5-11-8-12(15-6-7-17)10-16(9-11)13(18)19-14(2,3)4/h11-12,15,17H,5-10H2,1-4H3. The number of amides is 1. The summed E-state index contributed by atoms with van der Waals surface area (Å²) in [5, 5.41) is 12.2. The lowest BCUT2D eigenvalue weighted by Crippen LogP contribution is -2.52. The lowest BCUT2D eigenvalue weighted by atomic mass is 9.92. The highest BCUT2D eigenvalue weighted by molar-refractivity contribution is 5.68. The maximum atomic E-state index is 12.1. The summed E-state index contributed by atoms with van der Waals surface area (Å²) in [6, 6.07) is 0.248. The minimum Gasteiger partial charge on any atom is -0.444 e. The molecular weight excluding hydrogens is 244 g/mol. The first-order chi connectivity index (χ1) is 8.85. The third-order valence-corrected chi connectivity index (χ3v) is 3.31. The van der Waals surface area contributed by atoms with Crippen molar-refractivity contribution >= 4 is 6.09 Å². The van der Waals surface area contributed by atoms with Gasteiger partial charge in [0.05, 0.1) is 6.61 Å². The number of ether oxygens (including phenoxy) is 1. The largest absolute Gasteiger partial charge is 0.444 e. The zero-order valence-electron chi connectivity index (χ0n) is 12.6. The summed E-state index contributed by atoms with van der Waals surface area (Å²) in [6.07, 6.45) is 1.87. The highest BCUT2D eigenvalue weighted by atomic mass is 16.6. The molecule has 0 aromatic carbocycles. The van der Waals surface area contributed by atoms with Gasteiger partial charge in [-0.05, 0) is 33.1 Å². The predicted molar refractivity (Wildman–Crippen MR) is 75.1 cm³/mol. The molecule has 2 atom stereocenters. The molecule has 0 bridgehead atoms. The smallest absolute Gasteiger partial charge is 0.410 e. The van der Waals surface area contributed by atoms with Crippen molar-refractivity contribution in [3.8, 4) is 0 Å². The Bertz CT molecular complexity index is 289. The molecule has 1 amide bonds. The summed E-state index contributed by atoms with van der Waals surface area (Å²) in [5.74, 6) is 0.498. The van der Waals surface area contributed by atoms with Gasteiger partial charge in [0.15, 0.2) is 0 Å². The van der Waals surface area contributed by atoms with Gasteiger partial charge in [-0.2, -0.15) is 0 Å². The molecular formula is C14H28N2O3. The molecule has 1 saturated heterocycles. The van der Waals surface area contributed by atoms with E-state index in [2.05, 4.69) is 12.2 Å². The van der Waals surface area contributed by atoms with E-state index in [9.17, 15) is 4.79 Å². The third-order valence-electron chi connectivity index (χ3n) is 3.31. The van der Waals surface area contributed by atoms with Crippen molar-refractivity contribution in [1.82, 2.24) is 10.2 Å². The van der Waals surface area contributed by atoms with Crippen LogP contribution in [0.5, 0.6) is 0 Å². The van der Waals surface area contributed by atoms with Crippen LogP contribution in [0.25, 0.3) is 0 Å². The minimum atomic E-state index is -0.454. The van der Waals surface area contributed by atoms with E-state index in [0.717, 1.165) is 19.4 Å². The Morgan fingerprint density at radius 2 is 2.11 bits per heavy atom. The van der Waals surface area contributed by atoms with Crippen molar-refractivity contribution in [2.24, 2.45) is 5.92 Å². The molecule has 5 heteroatoms. The van der Waals surface area contributed by atoms with Gasteiger partial charge in [-0.1, -0.05) is 13.3 Å². The monoisotopic (exact) mass is 272 g/mol. The first-order valence-corrected chi connectivity index (χ1v) is 7.18. The lowest BCUT2D eigenvalue weighted by Gasteiger charge is -2.38. The number of hydrogen-bond acceptors (Lipinski definition) is 4. The van der Waals surface area contributed by atoms with Crippen LogP contribution >= 0.6 is 0 Å². The topological polar surface area (TPSA) is 61.8 Å². The maximum Gasteiger partial charge on any atom is 0.410 e. The molecule has 0 aliphatic carbocycles. The van der Waals surface area contributed by atoms with Crippen molar-refractivity contribution in [1.29, 1.82) is 0 Å². The fourth-order valence-corrected chi connectivity index (χ4v) is 2.39. The van der Waals surface area contributed by atoms with Crippen molar-refractivity contribution in [2.75, 3.05) is 26.2 Å². The summed E-state index contributed by atoms with van der Waals surface area (Å²) in [6.45, 7) is 9.92. The Balaban J connectivity index is 2.58. The van der Waals surface area contributed by atoms with Gasteiger partial charge in [-0.25, -0.2) is 4.79 Å². The number of aliphatic hydroxyl groups is 1. The van der Waals surface area contributed by atoms with Crippen LogP contribution in [0.15, 0.2) is 0 Å². The average molecular weight is 272 g/mol. The quantitative estimate of drug-likeness (QED) is 0.816. The van der Waals surface area contributed by atoms with Gasteiger partial charge < -0.3 is 20.1 Å². The molecule has 112 valence electrons. The van der Waals surface area contributed by atoms with Gasteiger partial charge in [0.2, 0.25) is 0 Å². The summed E-state index contributed by atoms with van der Waals surface area (Å²) >= 11 is 0. The normalized spacial score (nSPS) is 24.4. The van der Waals surface area contributed by atoms with Crippen LogP contribution in [0.1, 0.15) is 40.5 Å². The Hall–Kier alpha value is -0.810. The second kappa shape index (κ2) is 7.10. The average Bonchev–Trinajstić information content (AvgIpc) is 2.33. The number of aliphatic hydroxyl groups excluding tert-OH is 1. The number of hydrogen-bond donors (Lipinski definition) is 2. The molecule has 0 aromatic rings. The zero-order valence-corrected chi connectivity index (χ0v) is 12.6. The van der Waals surface area contributed by atoms with Crippen LogP contribution in [0, 0.1) is 5.92 Å². The molecule has 0 saturated carbocycles. The van der Waals surface area contributed by atoms with E-state index >= 15 is 0 Å². The number of nitrogens with zero attached hydrogens (tertiary/aromatic N) is 1. The maximum absolute atomic E-state index is 12.1. The van der Waals surface area contributed by atoms with E-state index in [1.165, 1.54) is 0 Å². The van der Waals surface area contributed by atoms with E-state index < -0.39 is 5.60 Å². The second-order valence-corrected chi connectivity index (χ2v) is 6.27. The number of rotatable bonds is 4. The van der Waals surface area contributed by atoms with Crippen LogP contribution < -0.4 is 5.32 Å².